The Bertz CT molecular complexity index is 599. The average Bonchev–Trinajstić information content (AvgIpc) is 2.50. The smallest absolute Gasteiger partial charge is 0.335 e. The van der Waals surface area contributed by atoms with Gasteiger partial charge in [-0.1, -0.05) is 18.5 Å². The molecule has 0 spiro atoms. The van der Waals surface area contributed by atoms with E-state index in [0.717, 1.165) is 0 Å². The number of nitrogens with zero attached hydrogens (tertiary/aromatic N) is 1. The minimum Gasteiger partial charge on any atom is -0.478 e. The SMILES string of the molecule is CC1CN(c2cc(Cl)cc(C(=O)O)c2)S(=O)(=O)C1. The van der Waals surface area contributed by atoms with E-state index in [1.165, 1.54) is 22.5 Å². The van der Waals surface area contributed by atoms with Crippen molar-refractivity contribution in [2.45, 2.75) is 6.92 Å². The highest BCUT2D eigenvalue weighted by molar-refractivity contribution is 7.93. The second-order valence-corrected chi connectivity index (χ2v) is 6.79. The molecule has 7 heteroatoms. The van der Waals surface area contributed by atoms with Crippen LogP contribution in [0.15, 0.2) is 18.2 Å². The van der Waals surface area contributed by atoms with Gasteiger partial charge in [-0.05, 0) is 24.1 Å². The largest absolute Gasteiger partial charge is 0.478 e. The summed E-state index contributed by atoms with van der Waals surface area (Å²) >= 11 is 5.82. The van der Waals surface area contributed by atoms with Crippen LogP contribution in [0.1, 0.15) is 17.3 Å². The van der Waals surface area contributed by atoms with Gasteiger partial charge >= 0.3 is 5.97 Å². The van der Waals surface area contributed by atoms with Gasteiger partial charge in [0.2, 0.25) is 10.0 Å². The van der Waals surface area contributed by atoms with Crippen LogP contribution in [-0.4, -0.2) is 31.8 Å². The van der Waals surface area contributed by atoms with Crippen LogP contribution in [-0.2, 0) is 10.0 Å². The van der Waals surface area contributed by atoms with Crippen molar-refractivity contribution in [1.82, 2.24) is 0 Å². The molecule has 98 valence electrons. The van der Waals surface area contributed by atoms with Crippen molar-refractivity contribution in [3.63, 3.8) is 0 Å². The summed E-state index contributed by atoms with van der Waals surface area (Å²) in [7, 11) is -3.37. The van der Waals surface area contributed by atoms with E-state index in [9.17, 15) is 13.2 Å². The number of carboxylic acid groups (broad SMARTS) is 1. The third-order valence-electron chi connectivity index (χ3n) is 2.73. The highest BCUT2D eigenvalue weighted by atomic mass is 35.5. The Labute approximate surface area is 110 Å². The lowest BCUT2D eigenvalue weighted by Crippen LogP contribution is -2.25. The molecular weight excluding hydrogens is 278 g/mol. The second kappa shape index (κ2) is 4.44. The molecule has 0 aliphatic carbocycles. The molecule has 0 bridgehead atoms. The molecule has 1 aliphatic heterocycles. The van der Waals surface area contributed by atoms with Crippen LogP contribution >= 0.6 is 11.6 Å². The van der Waals surface area contributed by atoms with E-state index >= 15 is 0 Å². The predicted octanol–water partition coefficient (Wildman–Crippen LogP) is 1.82. The lowest BCUT2D eigenvalue weighted by molar-refractivity contribution is 0.0697. The molecule has 1 N–H and O–H groups in total. The maximum absolute atomic E-state index is 11.9. The zero-order chi connectivity index (χ0) is 13.5. The molecule has 1 unspecified atom stereocenters. The fourth-order valence-electron chi connectivity index (χ4n) is 2.01. The highest BCUT2D eigenvalue weighted by Crippen LogP contribution is 2.30. The number of aromatic carboxylic acids is 1. The first-order chi connectivity index (χ1) is 8.29. The number of rotatable bonds is 2. The molecule has 1 heterocycles. The normalized spacial score (nSPS) is 22.1. The minimum absolute atomic E-state index is 0.0160. The van der Waals surface area contributed by atoms with E-state index in [2.05, 4.69) is 0 Å². The maximum atomic E-state index is 11.9. The van der Waals surface area contributed by atoms with Gasteiger partial charge in [0.05, 0.1) is 17.0 Å². The Kier molecular flexibility index (Phi) is 3.25. The van der Waals surface area contributed by atoms with Crippen molar-refractivity contribution in [3.8, 4) is 0 Å². The Morgan fingerprint density at radius 1 is 1.44 bits per heavy atom. The van der Waals surface area contributed by atoms with Crippen molar-refractivity contribution in [3.05, 3.63) is 28.8 Å². The molecule has 1 saturated heterocycles. The number of anilines is 1. The molecule has 0 aromatic heterocycles. The number of halogens is 1. The molecule has 5 nitrogen and oxygen atoms in total. The zero-order valence-corrected chi connectivity index (χ0v) is 11.2. The summed E-state index contributed by atoms with van der Waals surface area (Å²) in [6.07, 6.45) is 0. The topological polar surface area (TPSA) is 74.7 Å². The van der Waals surface area contributed by atoms with Crippen molar-refractivity contribution in [2.75, 3.05) is 16.6 Å². The van der Waals surface area contributed by atoms with Gasteiger partial charge in [-0.15, -0.1) is 0 Å². The molecule has 0 saturated carbocycles. The van der Waals surface area contributed by atoms with Crippen LogP contribution < -0.4 is 4.31 Å². The molecule has 1 aliphatic rings. The molecule has 2 rings (SSSR count). The number of sulfonamides is 1. The van der Waals surface area contributed by atoms with Gasteiger partial charge in [0, 0.05) is 11.6 Å². The third-order valence-corrected chi connectivity index (χ3v) is 4.97. The molecule has 1 atom stereocenters. The fourth-order valence-corrected chi connectivity index (χ4v) is 4.15. The first-order valence-corrected chi connectivity index (χ1v) is 7.32. The van der Waals surface area contributed by atoms with Crippen LogP contribution in [0, 0.1) is 5.92 Å². The van der Waals surface area contributed by atoms with E-state index < -0.39 is 16.0 Å². The van der Waals surface area contributed by atoms with Gasteiger partial charge in [0.25, 0.3) is 0 Å². The zero-order valence-electron chi connectivity index (χ0n) is 9.63. The van der Waals surface area contributed by atoms with Gasteiger partial charge in [-0.3, -0.25) is 4.31 Å². The molecule has 1 aromatic carbocycles. The monoisotopic (exact) mass is 289 g/mol. The number of hydrogen-bond acceptors (Lipinski definition) is 3. The first kappa shape index (κ1) is 13.2. The maximum Gasteiger partial charge on any atom is 0.335 e. The van der Waals surface area contributed by atoms with Gasteiger partial charge in [-0.2, -0.15) is 0 Å². The summed E-state index contributed by atoms with van der Waals surface area (Å²) in [5.41, 5.74) is 0.288. The summed E-state index contributed by atoms with van der Waals surface area (Å²) in [6.45, 7) is 2.18. The lowest BCUT2D eigenvalue weighted by atomic mass is 10.2. The standard InChI is InChI=1S/C11H12ClNO4S/c1-7-5-13(18(16,17)6-7)10-3-8(11(14)15)2-9(12)4-10/h2-4,7H,5-6H2,1H3,(H,14,15). The number of carboxylic acids is 1. The van der Waals surface area contributed by atoms with Crippen LogP contribution in [0.5, 0.6) is 0 Å². The lowest BCUT2D eigenvalue weighted by Gasteiger charge is -2.17. The third kappa shape index (κ3) is 2.44. The summed E-state index contributed by atoms with van der Waals surface area (Å²) in [5.74, 6) is -1.05. The number of carbonyl (C=O) groups is 1. The Balaban J connectivity index is 2.49. The fraction of sp³-hybridized carbons (Fsp3) is 0.364. The van der Waals surface area contributed by atoms with E-state index in [4.69, 9.17) is 16.7 Å². The Hall–Kier alpha value is -1.27. The Morgan fingerprint density at radius 3 is 2.61 bits per heavy atom. The van der Waals surface area contributed by atoms with E-state index in [-0.39, 0.29) is 22.3 Å². The second-order valence-electron chi connectivity index (χ2n) is 4.42. The Morgan fingerprint density at radius 2 is 2.11 bits per heavy atom. The van der Waals surface area contributed by atoms with Crippen molar-refractivity contribution in [2.24, 2.45) is 5.92 Å². The van der Waals surface area contributed by atoms with Gasteiger partial charge in [0.1, 0.15) is 0 Å². The van der Waals surface area contributed by atoms with Gasteiger partial charge < -0.3 is 5.11 Å². The molecule has 0 amide bonds. The predicted molar refractivity (Wildman–Crippen MR) is 68.7 cm³/mol. The van der Waals surface area contributed by atoms with Crippen LogP contribution in [0.2, 0.25) is 5.02 Å². The average molecular weight is 290 g/mol. The van der Waals surface area contributed by atoms with Crippen LogP contribution in [0.4, 0.5) is 5.69 Å². The van der Waals surface area contributed by atoms with E-state index in [0.29, 0.717) is 12.2 Å². The van der Waals surface area contributed by atoms with Crippen LogP contribution in [0.3, 0.4) is 0 Å². The van der Waals surface area contributed by atoms with Crippen LogP contribution in [0.25, 0.3) is 0 Å². The quantitative estimate of drug-likeness (QED) is 0.901. The first-order valence-electron chi connectivity index (χ1n) is 5.34. The molecule has 1 fully saturated rings. The minimum atomic E-state index is -3.37. The van der Waals surface area contributed by atoms with Crippen molar-refractivity contribution in [1.29, 1.82) is 0 Å². The van der Waals surface area contributed by atoms with E-state index in [1.54, 1.807) is 0 Å². The van der Waals surface area contributed by atoms with Crippen molar-refractivity contribution >= 4 is 33.3 Å². The number of benzene rings is 1. The van der Waals surface area contributed by atoms with Crippen molar-refractivity contribution < 1.29 is 18.3 Å². The molecule has 1 aromatic rings. The summed E-state index contributed by atoms with van der Waals surface area (Å²) < 4.78 is 25.0. The molecule has 18 heavy (non-hydrogen) atoms. The van der Waals surface area contributed by atoms with Gasteiger partial charge in [-0.25, -0.2) is 13.2 Å². The summed E-state index contributed by atoms with van der Waals surface area (Å²) in [5, 5.41) is 9.14. The van der Waals surface area contributed by atoms with E-state index in [1.807, 2.05) is 6.92 Å². The molecular formula is C11H12ClNO4S. The molecule has 0 radical (unpaired) electrons. The highest BCUT2D eigenvalue weighted by Gasteiger charge is 2.34. The number of hydrogen-bond donors (Lipinski definition) is 1. The summed E-state index contributed by atoms with van der Waals surface area (Å²) in [4.78, 5) is 10.9. The van der Waals surface area contributed by atoms with Gasteiger partial charge in [0.15, 0.2) is 0 Å². The summed E-state index contributed by atoms with van der Waals surface area (Å²) in [6, 6.07) is 4.08.